The second kappa shape index (κ2) is 8.03. The third-order valence-corrected chi connectivity index (χ3v) is 6.86. The number of aromatic nitrogens is 4. The number of nitrogens with one attached hydrogen (secondary N) is 1. The van der Waals surface area contributed by atoms with Gasteiger partial charge in [-0.25, -0.2) is 13.9 Å². The Morgan fingerprint density at radius 1 is 1.28 bits per heavy atom. The minimum Gasteiger partial charge on any atom is -0.376 e. The van der Waals surface area contributed by atoms with Crippen LogP contribution in [-0.2, 0) is 22.6 Å². The van der Waals surface area contributed by atoms with Crippen LogP contribution in [0, 0.1) is 13.8 Å². The van der Waals surface area contributed by atoms with Crippen LogP contribution in [-0.4, -0.2) is 37.4 Å². The van der Waals surface area contributed by atoms with Gasteiger partial charge in [0, 0.05) is 12.3 Å². The van der Waals surface area contributed by atoms with Gasteiger partial charge in [-0.3, -0.25) is 14.2 Å². The third kappa shape index (κ3) is 3.45. The van der Waals surface area contributed by atoms with Crippen molar-refractivity contribution in [1.29, 1.82) is 0 Å². The Balaban J connectivity index is 1.55. The molecule has 0 spiro atoms. The van der Waals surface area contributed by atoms with E-state index in [9.17, 15) is 14.4 Å². The number of thiophene rings is 1. The summed E-state index contributed by atoms with van der Waals surface area (Å²) in [6.07, 6.45) is 1.70. The first kappa shape index (κ1) is 20.7. The van der Waals surface area contributed by atoms with E-state index in [0.717, 1.165) is 28.7 Å². The van der Waals surface area contributed by atoms with Crippen LogP contribution in [0.15, 0.2) is 39.2 Å². The Hall–Kier alpha value is -3.24. The van der Waals surface area contributed by atoms with Gasteiger partial charge in [-0.1, -0.05) is 12.1 Å². The molecule has 3 aromatic heterocycles. The average molecular weight is 454 g/mol. The first-order valence-electron chi connectivity index (χ1n) is 10.5. The van der Waals surface area contributed by atoms with Crippen molar-refractivity contribution >= 4 is 38.9 Å². The molecule has 1 atom stereocenters. The minimum atomic E-state index is -0.458. The molecule has 32 heavy (non-hydrogen) atoms. The van der Waals surface area contributed by atoms with E-state index in [1.54, 1.807) is 11.4 Å². The second-order valence-electron chi connectivity index (χ2n) is 8.06. The lowest BCUT2D eigenvalue weighted by molar-refractivity contribution is -0.117. The third-order valence-electron chi connectivity index (χ3n) is 5.97. The van der Waals surface area contributed by atoms with E-state index in [2.05, 4.69) is 10.4 Å². The van der Waals surface area contributed by atoms with Gasteiger partial charge in [0.2, 0.25) is 11.7 Å². The molecule has 4 heterocycles. The number of benzene rings is 1. The number of rotatable bonds is 5. The monoisotopic (exact) mass is 453 g/mol. The summed E-state index contributed by atoms with van der Waals surface area (Å²) in [6, 6.07) is 7.39. The predicted molar refractivity (Wildman–Crippen MR) is 123 cm³/mol. The van der Waals surface area contributed by atoms with E-state index in [1.807, 2.05) is 32.0 Å². The van der Waals surface area contributed by atoms with E-state index in [0.29, 0.717) is 29.1 Å². The molecule has 1 N–H and O–H groups in total. The molecule has 9 nitrogen and oxygen atoms in total. The predicted octanol–water partition coefficient (Wildman–Crippen LogP) is 2.31. The molecule has 1 amide bonds. The zero-order valence-electron chi connectivity index (χ0n) is 17.8. The maximum atomic E-state index is 13.2. The molecule has 0 unspecified atom stereocenters. The number of amides is 1. The molecule has 1 fully saturated rings. The number of hydrogen-bond acceptors (Lipinski definition) is 6. The highest BCUT2D eigenvalue weighted by Crippen LogP contribution is 2.20. The number of carbonyl (C=O) groups excluding carboxylic acids is 1. The fourth-order valence-corrected chi connectivity index (χ4v) is 4.93. The van der Waals surface area contributed by atoms with Gasteiger partial charge in [-0.15, -0.1) is 16.4 Å². The van der Waals surface area contributed by atoms with Gasteiger partial charge in [0.05, 0.1) is 18.2 Å². The van der Waals surface area contributed by atoms with Crippen LogP contribution in [0.2, 0.25) is 0 Å². The quantitative estimate of drug-likeness (QED) is 0.500. The van der Waals surface area contributed by atoms with Crippen LogP contribution in [0.3, 0.4) is 0 Å². The highest BCUT2D eigenvalue weighted by Gasteiger charge is 2.23. The molecule has 0 radical (unpaired) electrons. The normalized spacial score (nSPS) is 16.2. The van der Waals surface area contributed by atoms with Gasteiger partial charge >= 0.3 is 5.69 Å². The zero-order chi connectivity index (χ0) is 22.4. The van der Waals surface area contributed by atoms with Crippen molar-refractivity contribution in [2.45, 2.75) is 45.9 Å². The minimum absolute atomic E-state index is 0.0956. The second-order valence-corrected chi connectivity index (χ2v) is 8.97. The molecule has 5 rings (SSSR count). The summed E-state index contributed by atoms with van der Waals surface area (Å²) in [5.74, 6) is -0.139. The lowest BCUT2D eigenvalue weighted by atomic mass is 10.1. The molecular formula is C22H23N5O4S. The standard InChI is InChI=1S/C22H23N5O4S/c1-13-5-3-7-16(14(13)2)23-18(28)12-26-22(30)27-17-8-10-32-19(17)20(29)25(21(27)24-26)11-15-6-4-9-31-15/h3,5,7-8,10,15H,4,6,9,11-12H2,1-2H3,(H,23,28)/t15-/m0/s1. The number of anilines is 1. The van der Waals surface area contributed by atoms with Crippen LogP contribution in [0.1, 0.15) is 24.0 Å². The fraction of sp³-hybridized carbons (Fsp3) is 0.364. The fourth-order valence-electron chi connectivity index (χ4n) is 4.11. The van der Waals surface area contributed by atoms with Crippen molar-refractivity contribution in [2.75, 3.05) is 11.9 Å². The van der Waals surface area contributed by atoms with Crippen molar-refractivity contribution in [3.05, 3.63) is 61.6 Å². The topological polar surface area (TPSA) is 99.6 Å². The maximum absolute atomic E-state index is 13.2. The molecule has 0 aliphatic carbocycles. The number of nitrogens with zero attached hydrogens (tertiary/aromatic N) is 4. The summed E-state index contributed by atoms with van der Waals surface area (Å²) in [5.41, 5.74) is 2.57. The van der Waals surface area contributed by atoms with Crippen molar-refractivity contribution in [3.8, 4) is 0 Å². The van der Waals surface area contributed by atoms with E-state index in [1.165, 1.54) is 20.3 Å². The molecule has 0 saturated carbocycles. The SMILES string of the molecule is Cc1cccc(NC(=O)Cn2nc3n(C[C@@H]4CCCO4)c(=O)c4sccc4n3c2=O)c1C. The molecule has 0 bridgehead atoms. The largest absolute Gasteiger partial charge is 0.376 e. The van der Waals surface area contributed by atoms with Crippen LogP contribution >= 0.6 is 11.3 Å². The summed E-state index contributed by atoms with van der Waals surface area (Å²) in [6.45, 7) is 4.63. The molecule has 1 aliphatic rings. The molecule has 4 aromatic rings. The smallest absolute Gasteiger partial charge is 0.352 e. The van der Waals surface area contributed by atoms with Gasteiger partial charge in [-0.05, 0) is 55.3 Å². The first-order valence-corrected chi connectivity index (χ1v) is 11.4. The van der Waals surface area contributed by atoms with Gasteiger partial charge in [0.1, 0.15) is 11.2 Å². The van der Waals surface area contributed by atoms with Crippen molar-refractivity contribution < 1.29 is 9.53 Å². The maximum Gasteiger partial charge on any atom is 0.352 e. The summed E-state index contributed by atoms with van der Waals surface area (Å²) in [5, 5.41) is 9.02. The lowest BCUT2D eigenvalue weighted by Crippen LogP contribution is -2.30. The number of ether oxygens (including phenoxy) is 1. The van der Waals surface area contributed by atoms with E-state index < -0.39 is 5.69 Å². The zero-order valence-corrected chi connectivity index (χ0v) is 18.6. The van der Waals surface area contributed by atoms with Crippen LogP contribution in [0.25, 0.3) is 16.0 Å². The summed E-state index contributed by atoms with van der Waals surface area (Å²) >= 11 is 1.29. The van der Waals surface area contributed by atoms with E-state index >= 15 is 0 Å². The highest BCUT2D eigenvalue weighted by molar-refractivity contribution is 7.17. The number of hydrogen-bond donors (Lipinski definition) is 1. The van der Waals surface area contributed by atoms with Crippen LogP contribution < -0.4 is 16.6 Å². The van der Waals surface area contributed by atoms with E-state index in [4.69, 9.17) is 4.74 Å². The number of aryl methyl sites for hydroxylation is 1. The van der Waals surface area contributed by atoms with Crippen LogP contribution in [0.5, 0.6) is 0 Å². The first-order chi connectivity index (χ1) is 15.4. The Bertz CT molecular complexity index is 1460. The number of carbonyl (C=O) groups is 1. The van der Waals surface area contributed by atoms with E-state index in [-0.39, 0.29) is 29.9 Å². The molecule has 1 saturated heterocycles. The molecule has 1 aliphatic heterocycles. The summed E-state index contributed by atoms with van der Waals surface area (Å²) in [7, 11) is 0. The average Bonchev–Trinajstić information content (AvgIpc) is 3.50. The highest BCUT2D eigenvalue weighted by atomic mass is 32.1. The molecule has 1 aromatic carbocycles. The summed E-state index contributed by atoms with van der Waals surface area (Å²) < 4.78 is 10.2. The van der Waals surface area contributed by atoms with Crippen molar-refractivity contribution in [3.63, 3.8) is 0 Å². The van der Waals surface area contributed by atoms with Gasteiger partial charge < -0.3 is 10.1 Å². The summed E-state index contributed by atoms with van der Waals surface area (Å²) in [4.78, 5) is 39.0. The van der Waals surface area contributed by atoms with Crippen LogP contribution in [0.4, 0.5) is 5.69 Å². The van der Waals surface area contributed by atoms with Gasteiger partial charge in [0.15, 0.2) is 0 Å². The van der Waals surface area contributed by atoms with Crippen molar-refractivity contribution in [1.82, 2.24) is 18.7 Å². The number of fused-ring (bicyclic) bond motifs is 3. The Morgan fingerprint density at radius 3 is 2.91 bits per heavy atom. The molecule has 166 valence electrons. The van der Waals surface area contributed by atoms with Crippen molar-refractivity contribution in [2.24, 2.45) is 0 Å². The molecular weight excluding hydrogens is 430 g/mol. The van der Waals surface area contributed by atoms with Gasteiger partial charge in [-0.2, -0.15) is 0 Å². The lowest BCUT2D eigenvalue weighted by Gasteiger charge is -2.12. The Morgan fingerprint density at radius 2 is 2.12 bits per heavy atom. The molecule has 10 heteroatoms. The van der Waals surface area contributed by atoms with Gasteiger partial charge in [0.25, 0.3) is 5.56 Å². The Labute approximate surface area is 186 Å². The Kier molecular flexibility index (Phi) is 5.18.